The summed E-state index contributed by atoms with van der Waals surface area (Å²) in [5.41, 5.74) is 4.57. The molecule has 0 aliphatic rings. The number of unbranched alkanes of at least 4 members (excludes halogenated alkanes) is 1. The monoisotopic (exact) mass is 311 g/mol. The first-order valence-corrected chi connectivity index (χ1v) is 7.97. The molecule has 0 radical (unpaired) electrons. The Balaban J connectivity index is 2.16. The van der Waals surface area contributed by atoms with Crippen molar-refractivity contribution in [3.63, 3.8) is 0 Å². The van der Waals surface area contributed by atoms with Gasteiger partial charge in [0.05, 0.1) is 5.69 Å². The molecule has 0 unspecified atom stereocenters. The van der Waals surface area contributed by atoms with Gasteiger partial charge in [0.25, 0.3) is 0 Å². The molecule has 0 aliphatic carbocycles. The van der Waals surface area contributed by atoms with Crippen LogP contribution in [0.4, 0.5) is 0 Å². The number of hydrogen-bond donors (Lipinski definition) is 1. The third-order valence-electron chi connectivity index (χ3n) is 3.98. The van der Waals surface area contributed by atoms with E-state index in [0.29, 0.717) is 10.6 Å². The van der Waals surface area contributed by atoms with Crippen LogP contribution in [-0.2, 0) is 6.42 Å². The molecule has 1 aromatic heterocycles. The number of carbonyl (C=O) groups is 1. The lowest BCUT2D eigenvalue weighted by Crippen LogP contribution is -1.86. The first kappa shape index (κ1) is 14.9. The molecule has 0 aliphatic heterocycles. The molecular weight excluding hydrogens is 294 g/mol. The van der Waals surface area contributed by atoms with Crippen LogP contribution in [0, 0.1) is 0 Å². The van der Waals surface area contributed by atoms with E-state index < -0.39 is 0 Å². The molecule has 112 valence electrons. The number of aromatic amines is 1. The zero-order chi connectivity index (χ0) is 15.5. The molecular formula is C19H18ClNO. The molecule has 2 nitrogen and oxygen atoms in total. The van der Waals surface area contributed by atoms with Crippen molar-refractivity contribution in [1.82, 2.24) is 4.98 Å². The third-order valence-corrected chi connectivity index (χ3v) is 4.31. The zero-order valence-corrected chi connectivity index (χ0v) is 13.3. The molecule has 0 amide bonds. The smallest absolute Gasteiger partial charge is 0.152 e. The molecule has 0 bridgehead atoms. The molecule has 3 rings (SSSR count). The highest BCUT2D eigenvalue weighted by molar-refractivity contribution is 6.33. The van der Waals surface area contributed by atoms with E-state index in [2.05, 4.69) is 24.0 Å². The number of aromatic nitrogens is 1. The summed E-state index contributed by atoms with van der Waals surface area (Å²) in [6.07, 6.45) is 4.28. The molecule has 3 heteroatoms. The largest absolute Gasteiger partial charge is 0.354 e. The van der Waals surface area contributed by atoms with Crippen molar-refractivity contribution in [3.8, 4) is 11.3 Å². The minimum Gasteiger partial charge on any atom is -0.354 e. The number of H-pyrrole nitrogens is 1. The fourth-order valence-corrected chi connectivity index (χ4v) is 3.03. The summed E-state index contributed by atoms with van der Waals surface area (Å²) in [7, 11) is 0. The number of carbonyl (C=O) groups excluding carboxylic acids is 1. The highest BCUT2D eigenvalue weighted by Crippen LogP contribution is 2.33. The fraction of sp³-hybridized carbons (Fsp3) is 0.211. The molecule has 3 aromatic rings. The Hall–Kier alpha value is -2.06. The zero-order valence-electron chi connectivity index (χ0n) is 12.5. The standard InChI is InChI=1S/C19H18ClNO/c1-2-3-6-13-9-10-18-15(11-13)16(12-22)19(21-18)14-7-4-5-8-17(14)20/h4-5,7-12,21H,2-3,6H2,1H3. The number of nitrogens with one attached hydrogen (secondary N) is 1. The van der Waals surface area contributed by atoms with Crippen molar-refractivity contribution >= 4 is 28.8 Å². The molecule has 1 N–H and O–H groups in total. The lowest BCUT2D eigenvalue weighted by atomic mass is 10.0. The summed E-state index contributed by atoms with van der Waals surface area (Å²) < 4.78 is 0. The van der Waals surface area contributed by atoms with Crippen molar-refractivity contribution in [2.24, 2.45) is 0 Å². The van der Waals surface area contributed by atoms with Crippen LogP contribution in [0.5, 0.6) is 0 Å². The molecule has 1 heterocycles. The number of halogens is 1. The molecule has 0 fully saturated rings. The summed E-state index contributed by atoms with van der Waals surface area (Å²) >= 11 is 6.28. The predicted octanol–water partition coefficient (Wildman–Crippen LogP) is 5.64. The minimum atomic E-state index is 0.642. The van der Waals surface area contributed by atoms with Gasteiger partial charge in [-0.25, -0.2) is 0 Å². The summed E-state index contributed by atoms with van der Waals surface area (Å²) in [5, 5.41) is 1.61. The lowest BCUT2D eigenvalue weighted by molar-refractivity contribution is 0.112. The van der Waals surface area contributed by atoms with Gasteiger partial charge in [-0.3, -0.25) is 4.79 Å². The average molecular weight is 312 g/mol. The highest BCUT2D eigenvalue weighted by Gasteiger charge is 2.15. The van der Waals surface area contributed by atoms with Crippen LogP contribution in [0.1, 0.15) is 35.7 Å². The van der Waals surface area contributed by atoms with Crippen LogP contribution in [0.25, 0.3) is 22.2 Å². The summed E-state index contributed by atoms with van der Waals surface area (Å²) in [5.74, 6) is 0. The van der Waals surface area contributed by atoms with Gasteiger partial charge in [0, 0.05) is 27.1 Å². The Kier molecular flexibility index (Phi) is 4.30. The van der Waals surface area contributed by atoms with E-state index in [1.807, 2.05) is 30.3 Å². The van der Waals surface area contributed by atoms with E-state index in [-0.39, 0.29) is 0 Å². The average Bonchev–Trinajstić information content (AvgIpc) is 2.90. The second-order valence-corrected chi connectivity index (χ2v) is 5.90. The topological polar surface area (TPSA) is 32.9 Å². The Morgan fingerprint density at radius 1 is 1.18 bits per heavy atom. The van der Waals surface area contributed by atoms with E-state index in [1.165, 1.54) is 5.56 Å². The highest BCUT2D eigenvalue weighted by atomic mass is 35.5. The first-order valence-electron chi connectivity index (χ1n) is 7.59. The quantitative estimate of drug-likeness (QED) is 0.607. The molecule has 0 saturated carbocycles. The van der Waals surface area contributed by atoms with Crippen molar-refractivity contribution in [1.29, 1.82) is 0 Å². The number of aryl methyl sites for hydroxylation is 1. The van der Waals surface area contributed by atoms with Crippen LogP contribution < -0.4 is 0 Å². The molecule has 22 heavy (non-hydrogen) atoms. The summed E-state index contributed by atoms with van der Waals surface area (Å²) in [6, 6.07) is 13.9. The van der Waals surface area contributed by atoms with Gasteiger partial charge in [-0.15, -0.1) is 0 Å². The van der Waals surface area contributed by atoms with Gasteiger partial charge in [-0.1, -0.05) is 49.2 Å². The van der Waals surface area contributed by atoms with Crippen LogP contribution in [0.2, 0.25) is 5.02 Å². The Labute approximate surface area is 135 Å². The van der Waals surface area contributed by atoms with E-state index in [0.717, 1.165) is 47.7 Å². The van der Waals surface area contributed by atoms with Crippen molar-refractivity contribution in [3.05, 3.63) is 58.6 Å². The predicted molar refractivity (Wildman–Crippen MR) is 92.7 cm³/mol. The number of hydrogen-bond acceptors (Lipinski definition) is 1. The van der Waals surface area contributed by atoms with Crippen LogP contribution >= 0.6 is 11.6 Å². The van der Waals surface area contributed by atoms with E-state index >= 15 is 0 Å². The van der Waals surface area contributed by atoms with Crippen LogP contribution in [0.15, 0.2) is 42.5 Å². The Bertz CT molecular complexity index is 819. The summed E-state index contributed by atoms with van der Waals surface area (Å²) in [4.78, 5) is 15.0. The molecule has 0 atom stereocenters. The van der Waals surface area contributed by atoms with Crippen molar-refractivity contribution in [2.75, 3.05) is 0 Å². The normalized spacial score (nSPS) is 11.0. The first-order chi connectivity index (χ1) is 10.7. The van der Waals surface area contributed by atoms with Gasteiger partial charge in [0.2, 0.25) is 0 Å². The number of fused-ring (bicyclic) bond motifs is 1. The number of aldehydes is 1. The van der Waals surface area contributed by atoms with Gasteiger partial charge < -0.3 is 4.98 Å². The van der Waals surface area contributed by atoms with Gasteiger partial charge in [-0.2, -0.15) is 0 Å². The van der Waals surface area contributed by atoms with Crippen molar-refractivity contribution < 1.29 is 4.79 Å². The Morgan fingerprint density at radius 3 is 2.73 bits per heavy atom. The minimum absolute atomic E-state index is 0.642. The maximum atomic E-state index is 11.6. The van der Waals surface area contributed by atoms with Crippen LogP contribution in [-0.4, -0.2) is 11.3 Å². The number of rotatable bonds is 5. The molecule has 0 spiro atoms. The van der Waals surface area contributed by atoms with E-state index in [1.54, 1.807) is 0 Å². The van der Waals surface area contributed by atoms with Crippen LogP contribution in [0.3, 0.4) is 0 Å². The summed E-state index contributed by atoms with van der Waals surface area (Å²) in [6.45, 7) is 2.18. The maximum Gasteiger partial charge on any atom is 0.152 e. The van der Waals surface area contributed by atoms with E-state index in [9.17, 15) is 4.79 Å². The maximum absolute atomic E-state index is 11.6. The molecule has 0 saturated heterocycles. The fourth-order valence-electron chi connectivity index (χ4n) is 2.80. The van der Waals surface area contributed by atoms with Gasteiger partial charge in [-0.05, 0) is 36.6 Å². The second-order valence-electron chi connectivity index (χ2n) is 5.49. The lowest BCUT2D eigenvalue weighted by Gasteiger charge is -2.02. The Morgan fingerprint density at radius 2 is 2.00 bits per heavy atom. The van der Waals surface area contributed by atoms with Gasteiger partial charge in [0.15, 0.2) is 6.29 Å². The SMILES string of the molecule is CCCCc1ccc2[nH]c(-c3ccccc3Cl)c(C=O)c2c1. The van der Waals surface area contributed by atoms with Gasteiger partial charge >= 0.3 is 0 Å². The van der Waals surface area contributed by atoms with Crippen molar-refractivity contribution in [2.45, 2.75) is 26.2 Å². The third kappa shape index (κ3) is 2.67. The molecule has 2 aromatic carbocycles. The number of benzene rings is 2. The van der Waals surface area contributed by atoms with E-state index in [4.69, 9.17) is 11.6 Å². The second kappa shape index (κ2) is 6.37. The van der Waals surface area contributed by atoms with Gasteiger partial charge in [0.1, 0.15) is 0 Å².